The lowest BCUT2D eigenvalue weighted by Gasteiger charge is -2.11. The minimum atomic E-state index is -0.341. The molecule has 35 heavy (non-hydrogen) atoms. The SMILES string of the molecule is CC(=O)OCc1ccc(-n2c(-c3cccnc3N)nc3ccc(-c4ncccc4C#N)nc32)cc1. The smallest absolute Gasteiger partial charge is 0.302 e. The Kier molecular flexibility index (Phi) is 5.61. The van der Waals surface area contributed by atoms with E-state index >= 15 is 0 Å². The number of pyridine rings is 3. The molecule has 1 aromatic carbocycles. The maximum Gasteiger partial charge on any atom is 0.302 e. The van der Waals surface area contributed by atoms with E-state index in [1.54, 1.807) is 36.7 Å². The van der Waals surface area contributed by atoms with Gasteiger partial charge in [0.1, 0.15) is 29.7 Å². The largest absolute Gasteiger partial charge is 0.461 e. The van der Waals surface area contributed by atoms with Crippen LogP contribution >= 0.6 is 0 Å². The van der Waals surface area contributed by atoms with Crippen LogP contribution in [0.2, 0.25) is 0 Å². The molecule has 0 unspecified atom stereocenters. The van der Waals surface area contributed by atoms with Crippen molar-refractivity contribution >= 4 is 23.0 Å². The third-order valence-electron chi connectivity index (χ3n) is 5.39. The summed E-state index contributed by atoms with van der Waals surface area (Å²) in [5.74, 6) is 0.573. The number of nitrogen functional groups attached to an aromatic ring is 1. The van der Waals surface area contributed by atoms with Crippen molar-refractivity contribution in [1.29, 1.82) is 5.26 Å². The van der Waals surface area contributed by atoms with Crippen LogP contribution in [0.5, 0.6) is 0 Å². The van der Waals surface area contributed by atoms with Gasteiger partial charge in [0.05, 0.1) is 16.8 Å². The van der Waals surface area contributed by atoms with Crippen molar-refractivity contribution in [3.8, 4) is 34.5 Å². The fourth-order valence-electron chi connectivity index (χ4n) is 3.75. The first-order chi connectivity index (χ1) is 17.0. The Balaban J connectivity index is 1.71. The molecule has 0 amide bonds. The van der Waals surface area contributed by atoms with Crippen molar-refractivity contribution in [2.24, 2.45) is 0 Å². The standard InChI is InChI=1S/C26H19N7O2/c1-16(34)35-15-17-6-8-19(9-7-17)33-25(20-5-3-13-30-24(20)28)32-22-11-10-21(31-26(22)33)23-18(14-27)4-2-12-29-23/h2-13H,15H2,1H3,(H2,28,30). The Morgan fingerprint density at radius 1 is 1.03 bits per heavy atom. The second kappa shape index (κ2) is 9.03. The summed E-state index contributed by atoms with van der Waals surface area (Å²) in [6.45, 7) is 1.56. The van der Waals surface area contributed by atoms with Crippen molar-refractivity contribution in [1.82, 2.24) is 24.5 Å². The zero-order valence-electron chi connectivity index (χ0n) is 18.7. The van der Waals surface area contributed by atoms with Gasteiger partial charge in [0.2, 0.25) is 0 Å². The highest BCUT2D eigenvalue weighted by Crippen LogP contribution is 2.32. The molecule has 0 atom stereocenters. The number of nitrogens with two attached hydrogens (primary N) is 1. The highest BCUT2D eigenvalue weighted by atomic mass is 16.5. The molecule has 0 aliphatic carbocycles. The molecule has 0 saturated heterocycles. The number of carbonyl (C=O) groups is 1. The number of rotatable bonds is 5. The lowest BCUT2D eigenvalue weighted by atomic mass is 10.1. The Morgan fingerprint density at radius 2 is 1.80 bits per heavy atom. The van der Waals surface area contributed by atoms with Crippen molar-refractivity contribution < 1.29 is 9.53 Å². The van der Waals surface area contributed by atoms with Crippen molar-refractivity contribution in [3.05, 3.63) is 84.2 Å². The summed E-state index contributed by atoms with van der Waals surface area (Å²) in [4.78, 5) is 29.4. The van der Waals surface area contributed by atoms with E-state index in [9.17, 15) is 10.1 Å². The van der Waals surface area contributed by atoms with Crippen LogP contribution in [0.15, 0.2) is 73.1 Å². The second-order valence-corrected chi connectivity index (χ2v) is 7.70. The van der Waals surface area contributed by atoms with Crippen molar-refractivity contribution in [3.63, 3.8) is 0 Å². The van der Waals surface area contributed by atoms with E-state index < -0.39 is 0 Å². The third kappa shape index (κ3) is 4.16. The van der Waals surface area contributed by atoms with E-state index in [4.69, 9.17) is 20.4 Å². The molecule has 5 aromatic rings. The first-order valence-electron chi connectivity index (χ1n) is 10.7. The number of hydrogen-bond donors (Lipinski definition) is 1. The number of imidazole rings is 1. The maximum atomic E-state index is 11.2. The van der Waals surface area contributed by atoms with Gasteiger partial charge in [-0.05, 0) is 54.1 Å². The minimum Gasteiger partial charge on any atom is -0.461 e. The number of fused-ring (bicyclic) bond motifs is 1. The van der Waals surface area contributed by atoms with Gasteiger partial charge >= 0.3 is 5.97 Å². The van der Waals surface area contributed by atoms with Gasteiger partial charge in [-0.2, -0.15) is 5.26 Å². The molecule has 170 valence electrons. The molecule has 0 fully saturated rings. The summed E-state index contributed by atoms with van der Waals surface area (Å²) in [5, 5.41) is 9.53. The average Bonchev–Trinajstić information content (AvgIpc) is 3.26. The number of ether oxygens (including phenoxy) is 1. The lowest BCUT2D eigenvalue weighted by Crippen LogP contribution is -2.03. The monoisotopic (exact) mass is 461 g/mol. The molecule has 4 aromatic heterocycles. The molecule has 9 heteroatoms. The number of nitriles is 1. The van der Waals surface area contributed by atoms with Gasteiger partial charge in [-0.1, -0.05) is 12.1 Å². The minimum absolute atomic E-state index is 0.182. The number of hydrogen-bond acceptors (Lipinski definition) is 8. The fraction of sp³-hybridized carbons (Fsp3) is 0.0769. The van der Waals surface area contributed by atoms with Crippen LogP contribution in [0.1, 0.15) is 18.1 Å². The molecular weight excluding hydrogens is 442 g/mol. The summed E-state index contributed by atoms with van der Waals surface area (Å²) in [5.41, 5.74) is 11.2. The molecule has 0 bridgehead atoms. The molecule has 4 heterocycles. The quantitative estimate of drug-likeness (QED) is 0.387. The van der Waals surface area contributed by atoms with Crippen molar-refractivity contribution in [2.75, 3.05) is 5.73 Å². The summed E-state index contributed by atoms with van der Waals surface area (Å²) in [7, 11) is 0. The van der Waals surface area contributed by atoms with Crippen LogP contribution < -0.4 is 5.73 Å². The van der Waals surface area contributed by atoms with Crippen LogP contribution in [0, 0.1) is 11.3 Å². The van der Waals surface area contributed by atoms with E-state index in [1.807, 2.05) is 41.0 Å². The number of nitrogens with zero attached hydrogens (tertiary/aromatic N) is 6. The first kappa shape index (κ1) is 21.7. The maximum absolute atomic E-state index is 11.2. The predicted octanol–water partition coefficient (Wildman–Crippen LogP) is 4.06. The molecule has 9 nitrogen and oxygen atoms in total. The van der Waals surface area contributed by atoms with Crippen LogP contribution in [-0.4, -0.2) is 30.5 Å². The molecule has 0 radical (unpaired) electrons. The van der Waals surface area contributed by atoms with E-state index in [0.29, 0.717) is 45.3 Å². The number of aromatic nitrogens is 5. The normalized spacial score (nSPS) is 10.7. The van der Waals surface area contributed by atoms with Gasteiger partial charge in [-0.3, -0.25) is 14.3 Å². The lowest BCUT2D eigenvalue weighted by molar-refractivity contribution is -0.142. The van der Waals surface area contributed by atoms with E-state index in [1.165, 1.54) is 6.92 Å². The van der Waals surface area contributed by atoms with E-state index in [0.717, 1.165) is 11.3 Å². The molecule has 5 rings (SSSR count). The van der Waals surface area contributed by atoms with E-state index in [2.05, 4.69) is 16.0 Å². The van der Waals surface area contributed by atoms with Crippen molar-refractivity contribution in [2.45, 2.75) is 13.5 Å². The Morgan fingerprint density at radius 3 is 2.54 bits per heavy atom. The van der Waals surface area contributed by atoms with Gasteiger partial charge in [0.25, 0.3) is 0 Å². The average molecular weight is 461 g/mol. The molecule has 0 saturated carbocycles. The van der Waals surface area contributed by atoms with Gasteiger partial charge in [0, 0.05) is 25.0 Å². The first-order valence-corrected chi connectivity index (χ1v) is 10.7. The summed E-state index contributed by atoms with van der Waals surface area (Å²) in [6.07, 6.45) is 3.25. The Bertz CT molecular complexity index is 1600. The van der Waals surface area contributed by atoms with Gasteiger partial charge in [-0.15, -0.1) is 0 Å². The van der Waals surface area contributed by atoms with Crippen LogP contribution in [-0.2, 0) is 16.1 Å². The zero-order valence-corrected chi connectivity index (χ0v) is 18.7. The molecular formula is C26H19N7O2. The Hall–Kier alpha value is -5.10. The number of esters is 1. The molecule has 0 aliphatic heterocycles. The van der Waals surface area contributed by atoms with Crippen LogP contribution in [0.25, 0.3) is 39.6 Å². The summed E-state index contributed by atoms with van der Waals surface area (Å²) in [6, 6.07) is 20.4. The Labute approximate surface area is 200 Å². The second-order valence-electron chi connectivity index (χ2n) is 7.70. The van der Waals surface area contributed by atoms with E-state index in [-0.39, 0.29) is 12.6 Å². The number of anilines is 1. The van der Waals surface area contributed by atoms with Crippen LogP contribution in [0.4, 0.5) is 5.82 Å². The predicted molar refractivity (Wildman–Crippen MR) is 130 cm³/mol. The molecule has 0 spiro atoms. The fourth-order valence-corrected chi connectivity index (χ4v) is 3.75. The number of benzene rings is 1. The zero-order chi connectivity index (χ0) is 24.4. The third-order valence-corrected chi connectivity index (χ3v) is 5.39. The van der Waals surface area contributed by atoms with Gasteiger partial charge in [0.15, 0.2) is 11.5 Å². The van der Waals surface area contributed by atoms with Gasteiger partial charge < -0.3 is 10.5 Å². The number of carbonyl (C=O) groups excluding carboxylic acids is 1. The molecule has 2 N–H and O–H groups in total. The van der Waals surface area contributed by atoms with Gasteiger partial charge in [-0.25, -0.2) is 15.0 Å². The topological polar surface area (TPSA) is 133 Å². The summed E-state index contributed by atoms with van der Waals surface area (Å²) < 4.78 is 6.98. The summed E-state index contributed by atoms with van der Waals surface area (Å²) >= 11 is 0. The highest BCUT2D eigenvalue weighted by molar-refractivity contribution is 5.84. The molecule has 0 aliphatic rings. The highest BCUT2D eigenvalue weighted by Gasteiger charge is 2.19. The van der Waals surface area contributed by atoms with Crippen LogP contribution in [0.3, 0.4) is 0 Å².